The summed E-state index contributed by atoms with van der Waals surface area (Å²) in [6.45, 7) is 1.66. The normalized spacial score (nSPS) is 11.8. The predicted octanol–water partition coefficient (Wildman–Crippen LogP) is 2.85. The second-order valence-electron chi connectivity index (χ2n) is 3.94. The smallest absolute Gasteiger partial charge is 0.382 e. The van der Waals surface area contributed by atoms with E-state index in [0.717, 1.165) is 6.07 Å². The van der Waals surface area contributed by atoms with E-state index >= 15 is 0 Å². The number of amidine groups is 1. The number of nitrogens with two attached hydrogens (primary N) is 1. The average Bonchev–Trinajstić information content (AvgIpc) is 2.26. The summed E-state index contributed by atoms with van der Waals surface area (Å²) in [5.41, 5.74) is 4.95. The lowest BCUT2D eigenvalue weighted by atomic mass is 10.0. The van der Waals surface area contributed by atoms with Gasteiger partial charge in [-0.2, -0.15) is 13.2 Å². The number of pyridine rings is 1. The molecule has 3 nitrogen and oxygen atoms in total. The number of halogens is 3. The molecule has 6 heteroatoms. The van der Waals surface area contributed by atoms with E-state index < -0.39 is 11.7 Å². The molecule has 0 unspecified atom stereocenters. The zero-order valence-electron chi connectivity index (χ0n) is 9.47. The molecule has 2 rings (SSSR count). The molecule has 0 amide bonds. The Kier molecular flexibility index (Phi) is 2.73. The lowest BCUT2D eigenvalue weighted by molar-refractivity contribution is -0.136. The molecular formula is C12H10F3N3. The van der Waals surface area contributed by atoms with Gasteiger partial charge < -0.3 is 5.73 Å². The summed E-state index contributed by atoms with van der Waals surface area (Å²) >= 11 is 0. The minimum Gasteiger partial charge on any atom is -0.382 e. The Morgan fingerprint density at radius 1 is 1.33 bits per heavy atom. The molecule has 0 bridgehead atoms. The van der Waals surface area contributed by atoms with Crippen molar-refractivity contribution in [1.29, 1.82) is 5.41 Å². The lowest BCUT2D eigenvalue weighted by Gasteiger charge is -2.12. The molecule has 3 N–H and O–H groups in total. The molecule has 0 saturated heterocycles. The van der Waals surface area contributed by atoms with E-state index in [-0.39, 0.29) is 17.0 Å². The van der Waals surface area contributed by atoms with Crippen LogP contribution < -0.4 is 5.73 Å². The monoisotopic (exact) mass is 253 g/mol. The van der Waals surface area contributed by atoms with Crippen LogP contribution >= 0.6 is 0 Å². The number of hydrogen-bond acceptors (Lipinski definition) is 2. The van der Waals surface area contributed by atoms with Gasteiger partial charge in [-0.15, -0.1) is 0 Å². The summed E-state index contributed by atoms with van der Waals surface area (Å²) in [5.74, 6) is -0.350. The summed E-state index contributed by atoms with van der Waals surface area (Å²) in [7, 11) is 0. The number of nitrogen functional groups attached to an aromatic ring is 1. The molecule has 0 atom stereocenters. The van der Waals surface area contributed by atoms with E-state index in [1.165, 1.54) is 12.1 Å². The van der Waals surface area contributed by atoms with Gasteiger partial charge in [-0.1, -0.05) is 12.1 Å². The highest BCUT2D eigenvalue weighted by atomic mass is 19.4. The first kappa shape index (κ1) is 12.3. The van der Waals surface area contributed by atoms with Crippen molar-refractivity contribution in [3.63, 3.8) is 0 Å². The van der Waals surface area contributed by atoms with Gasteiger partial charge in [-0.25, -0.2) is 4.98 Å². The van der Waals surface area contributed by atoms with Gasteiger partial charge >= 0.3 is 6.18 Å². The van der Waals surface area contributed by atoms with Gasteiger partial charge in [-0.3, -0.25) is 5.41 Å². The standard InChI is InChI=1S/C12H10F3N3/c1-6-5-9(11(16)17)18-10-7(6)3-2-4-8(10)12(13,14)15/h2-5H,1H3,(H3,16,17). The molecule has 0 radical (unpaired) electrons. The van der Waals surface area contributed by atoms with Crippen molar-refractivity contribution in [2.45, 2.75) is 13.1 Å². The van der Waals surface area contributed by atoms with Crippen molar-refractivity contribution >= 4 is 16.7 Å². The molecule has 18 heavy (non-hydrogen) atoms. The van der Waals surface area contributed by atoms with Crippen LogP contribution in [0, 0.1) is 12.3 Å². The van der Waals surface area contributed by atoms with Crippen LogP contribution in [0.2, 0.25) is 0 Å². The summed E-state index contributed by atoms with van der Waals surface area (Å²) in [6.07, 6.45) is -4.48. The van der Waals surface area contributed by atoms with E-state index in [9.17, 15) is 13.2 Å². The summed E-state index contributed by atoms with van der Waals surface area (Å²) in [5, 5.41) is 7.68. The summed E-state index contributed by atoms with van der Waals surface area (Å²) in [6, 6.07) is 5.38. The van der Waals surface area contributed by atoms with Crippen LogP contribution in [-0.2, 0) is 6.18 Å². The molecule has 0 fully saturated rings. The van der Waals surface area contributed by atoms with Crippen molar-refractivity contribution in [2.75, 3.05) is 0 Å². The molecule has 0 aliphatic carbocycles. The highest BCUT2D eigenvalue weighted by molar-refractivity contribution is 5.97. The number of rotatable bonds is 1. The van der Waals surface area contributed by atoms with Crippen molar-refractivity contribution < 1.29 is 13.2 Å². The zero-order chi connectivity index (χ0) is 13.5. The van der Waals surface area contributed by atoms with E-state index in [0.29, 0.717) is 10.9 Å². The fourth-order valence-electron chi connectivity index (χ4n) is 1.78. The summed E-state index contributed by atoms with van der Waals surface area (Å²) < 4.78 is 38.6. The van der Waals surface area contributed by atoms with Crippen molar-refractivity contribution in [3.8, 4) is 0 Å². The number of alkyl halides is 3. The number of nitrogens with one attached hydrogen (secondary N) is 1. The van der Waals surface area contributed by atoms with Crippen LogP contribution in [0.15, 0.2) is 24.3 Å². The molecule has 2 aromatic rings. The Balaban J connectivity index is 2.86. The number of aromatic nitrogens is 1. The van der Waals surface area contributed by atoms with Gasteiger partial charge in [0.25, 0.3) is 0 Å². The maximum absolute atomic E-state index is 12.9. The number of benzene rings is 1. The fraction of sp³-hybridized carbons (Fsp3) is 0.167. The summed E-state index contributed by atoms with van der Waals surface area (Å²) in [4.78, 5) is 3.83. The molecule has 0 spiro atoms. The Bertz CT molecular complexity index is 632. The van der Waals surface area contributed by atoms with E-state index in [2.05, 4.69) is 4.98 Å². The fourth-order valence-corrected chi connectivity index (χ4v) is 1.78. The maximum Gasteiger partial charge on any atom is 0.418 e. The van der Waals surface area contributed by atoms with E-state index in [4.69, 9.17) is 11.1 Å². The quantitative estimate of drug-likeness (QED) is 0.606. The highest BCUT2D eigenvalue weighted by Gasteiger charge is 2.33. The predicted molar refractivity (Wildman–Crippen MR) is 62.5 cm³/mol. The SMILES string of the molecule is Cc1cc(C(=N)N)nc2c(C(F)(F)F)cccc12. The second-order valence-corrected chi connectivity index (χ2v) is 3.94. The van der Waals surface area contributed by atoms with Crippen LogP contribution in [-0.4, -0.2) is 10.8 Å². The van der Waals surface area contributed by atoms with Gasteiger partial charge in [-0.05, 0) is 24.6 Å². The molecule has 0 aliphatic heterocycles. The molecular weight excluding hydrogens is 243 g/mol. The number of para-hydroxylation sites is 1. The van der Waals surface area contributed by atoms with Crippen LogP contribution in [0.3, 0.4) is 0 Å². The van der Waals surface area contributed by atoms with Crippen LogP contribution in [0.1, 0.15) is 16.8 Å². The maximum atomic E-state index is 12.9. The Morgan fingerprint density at radius 2 is 2.00 bits per heavy atom. The Labute approximate surface area is 101 Å². The molecule has 1 heterocycles. The lowest BCUT2D eigenvalue weighted by Crippen LogP contribution is -2.15. The number of hydrogen-bond donors (Lipinski definition) is 2. The van der Waals surface area contributed by atoms with Gasteiger partial charge in [0.15, 0.2) is 0 Å². The molecule has 94 valence electrons. The zero-order valence-corrected chi connectivity index (χ0v) is 9.47. The third-order valence-electron chi connectivity index (χ3n) is 2.63. The van der Waals surface area contributed by atoms with E-state index in [1.54, 1.807) is 13.0 Å². The van der Waals surface area contributed by atoms with Crippen molar-refractivity contribution in [3.05, 3.63) is 41.1 Å². The number of aryl methyl sites for hydroxylation is 1. The van der Waals surface area contributed by atoms with E-state index in [1.807, 2.05) is 0 Å². The van der Waals surface area contributed by atoms with Crippen LogP contribution in [0.4, 0.5) is 13.2 Å². The van der Waals surface area contributed by atoms with Gasteiger partial charge in [0, 0.05) is 5.39 Å². The third kappa shape index (κ3) is 2.01. The van der Waals surface area contributed by atoms with Gasteiger partial charge in [0.1, 0.15) is 11.5 Å². The van der Waals surface area contributed by atoms with Crippen molar-refractivity contribution in [1.82, 2.24) is 4.98 Å². The largest absolute Gasteiger partial charge is 0.418 e. The molecule has 0 aliphatic rings. The van der Waals surface area contributed by atoms with Gasteiger partial charge in [0.05, 0.1) is 11.1 Å². The first-order valence-corrected chi connectivity index (χ1v) is 5.12. The molecule has 0 saturated carbocycles. The minimum absolute atomic E-state index is 0.0525. The first-order chi connectivity index (χ1) is 8.30. The molecule has 1 aromatic carbocycles. The van der Waals surface area contributed by atoms with Crippen LogP contribution in [0.5, 0.6) is 0 Å². The van der Waals surface area contributed by atoms with Gasteiger partial charge in [0.2, 0.25) is 0 Å². The highest BCUT2D eigenvalue weighted by Crippen LogP contribution is 2.34. The minimum atomic E-state index is -4.48. The average molecular weight is 253 g/mol. The second kappa shape index (κ2) is 3.97. The first-order valence-electron chi connectivity index (χ1n) is 5.12. The molecule has 1 aromatic heterocycles. The topological polar surface area (TPSA) is 62.8 Å². The Hall–Kier alpha value is -2.11. The van der Waals surface area contributed by atoms with Crippen LogP contribution in [0.25, 0.3) is 10.9 Å². The number of fused-ring (bicyclic) bond motifs is 1. The third-order valence-corrected chi connectivity index (χ3v) is 2.63. The Morgan fingerprint density at radius 3 is 2.56 bits per heavy atom. The number of nitrogens with zero attached hydrogens (tertiary/aromatic N) is 1. The van der Waals surface area contributed by atoms with Crippen molar-refractivity contribution in [2.24, 2.45) is 5.73 Å².